The molecule has 1 aromatic heterocycles. The highest BCUT2D eigenvalue weighted by Crippen LogP contribution is 2.30. The van der Waals surface area contributed by atoms with Crippen LogP contribution in [0.4, 0.5) is 0 Å². The maximum absolute atomic E-state index is 12.6. The highest BCUT2D eigenvalue weighted by atomic mass is 16.5. The summed E-state index contributed by atoms with van der Waals surface area (Å²) in [5.74, 6) is -0.403. The lowest BCUT2D eigenvalue weighted by Crippen LogP contribution is -2.34. The van der Waals surface area contributed by atoms with Gasteiger partial charge in [-0.25, -0.2) is 9.78 Å². The van der Waals surface area contributed by atoms with Gasteiger partial charge in [-0.1, -0.05) is 24.3 Å². The summed E-state index contributed by atoms with van der Waals surface area (Å²) in [5, 5.41) is 8.89. The van der Waals surface area contributed by atoms with Gasteiger partial charge in [0.2, 0.25) is 0 Å². The number of ether oxygens (including phenoxy) is 1. The fraction of sp³-hybridized carbons (Fsp3) is 0.250. The first kappa shape index (κ1) is 17.7. The van der Waals surface area contributed by atoms with Gasteiger partial charge in [-0.05, 0) is 37.1 Å². The molecule has 1 aromatic carbocycles. The first-order chi connectivity index (χ1) is 12.6. The van der Waals surface area contributed by atoms with Crippen LogP contribution in [0.25, 0.3) is 5.57 Å². The molecule has 1 N–H and O–H groups in total. The third-order valence-electron chi connectivity index (χ3n) is 4.26. The lowest BCUT2D eigenvalue weighted by molar-refractivity contribution is 0.0687. The van der Waals surface area contributed by atoms with E-state index in [-0.39, 0.29) is 11.6 Å². The zero-order chi connectivity index (χ0) is 18.5. The molecule has 1 aliphatic heterocycles. The van der Waals surface area contributed by atoms with Crippen LogP contribution in [0.2, 0.25) is 0 Å². The Kier molecular flexibility index (Phi) is 5.31. The van der Waals surface area contributed by atoms with Crippen LogP contribution in [0.3, 0.4) is 0 Å². The zero-order valence-electron chi connectivity index (χ0n) is 14.5. The number of carbonyl (C=O) groups is 2. The third kappa shape index (κ3) is 3.74. The number of carboxylic acid groups (broad SMARTS) is 1. The van der Waals surface area contributed by atoms with Gasteiger partial charge in [0, 0.05) is 24.8 Å². The summed E-state index contributed by atoms with van der Waals surface area (Å²) in [4.78, 5) is 29.0. The molecule has 0 spiro atoms. The van der Waals surface area contributed by atoms with E-state index in [0.717, 1.165) is 23.3 Å². The number of hydrogen-bond donors (Lipinski definition) is 1. The van der Waals surface area contributed by atoms with Crippen molar-refractivity contribution in [2.75, 3.05) is 19.7 Å². The monoisotopic (exact) mass is 352 g/mol. The zero-order valence-corrected chi connectivity index (χ0v) is 14.5. The second-order valence-corrected chi connectivity index (χ2v) is 5.90. The predicted octanol–water partition coefficient (Wildman–Crippen LogP) is 3.11. The quantitative estimate of drug-likeness (QED) is 0.894. The molecule has 134 valence electrons. The van der Waals surface area contributed by atoms with Crippen LogP contribution in [-0.2, 0) is 0 Å². The summed E-state index contributed by atoms with van der Waals surface area (Å²) in [6.07, 6.45) is 4.09. The maximum Gasteiger partial charge on any atom is 0.354 e. The molecule has 0 fully saturated rings. The number of rotatable bonds is 5. The molecule has 0 bridgehead atoms. The van der Waals surface area contributed by atoms with Crippen molar-refractivity contribution in [3.8, 4) is 5.75 Å². The van der Waals surface area contributed by atoms with E-state index < -0.39 is 5.97 Å². The number of amides is 1. The molecule has 0 saturated carbocycles. The molecule has 3 rings (SSSR count). The van der Waals surface area contributed by atoms with Gasteiger partial charge in [0.05, 0.1) is 12.2 Å². The van der Waals surface area contributed by atoms with E-state index in [0.29, 0.717) is 25.3 Å². The normalized spacial score (nSPS) is 13.9. The average Bonchev–Trinajstić information content (AvgIpc) is 2.68. The maximum atomic E-state index is 12.6. The molecule has 1 amide bonds. The van der Waals surface area contributed by atoms with Crippen LogP contribution in [0.5, 0.6) is 5.75 Å². The summed E-state index contributed by atoms with van der Waals surface area (Å²) < 4.78 is 5.69. The molecule has 6 nitrogen and oxygen atoms in total. The first-order valence-corrected chi connectivity index (χ1v) is 8.50. The Morgan fingerprint density at radius 1 is 1.23 bits per heavy atom. The van der Waals surface area contributed by atoms with Gasteiger partial charge in [-0.3, -0.25) is 4.79 Å². The molecule has 26 heavy (non-hydrogen) atoms. The molecule has 6 heteroatoms. The van der Waals surface area contributed by atoms with Crippen LogP contribution in [0.15, 0.2) is 48.7 Å². The van der Waals surface area contributed by atoms with E-state index in [2.05, 4.69) is 4.98 Å². The highest BCUT2D eigenvalue weighted by molar-refractivity contribution is 5.95. The number of carboxylic acids is 1. The van der Waals surface area contributed by atoms with Gasteiger partial charge in [-0.2, -0.15) is 0 Å². The summed E-state index contributed by atoms with van der Waals surface area (Å²) in [6, 6.07) is 10.8. The van der Waals surface area contributed by atoms with Crippen molar-refractivity contribution in [3.63, 3.8) is 0 Å². The molecule has 0 unspecified atom stereocenters. The Morgan fingerprint density at radius 3 is 2.65 bits per heavy atom. The Bertz CT molecular complexity index is 843. The van der Waals surface area contributed by atoms with E-state index in [1.807, 2.05) is 37.3 Å². The van der Waals surface area contributed by atoms with E-state index >= 15 is 0 Å². The van der Waals surface area contributed by atoms with E-state index in [1.54, 1.807) is 4.90 Å². The van der Waals surface area contributed by atoms with Crippen molar-refractivity contribution in [3.05, 3.63) is 65.5 Å². The molecular weight excluding hydrogens is 332 g/mol. The lowest BCUT2D eigenvalue weighted by atomic mass is 9.98. The van der Waals surface area contributed by atoms with Gasteiger partial charge >= 0.3 is 5.97 Å². The SMILES string of the molecule is CCOc1ccccc1C1=CCN(C(=O)c2ccc(C(=O)O)nc2)CC1. The fourth-order valence-electron chi connectivity index (χ4n) is 2.94. The topological polar surface area (TPSA) is 79.7 Å². The van der Waals surface area contributed by atoms with Gasteiger partial charge in [-0.15, -0.1) is 0 Å². The Balaban J connectivity index is 1.73. The Hall–Kier alpha value is -3.15. The minimum absolute atomic E-state index is 0.0742. The molecule has 2 aromatic rings. The molecule has 2 heterocycles. The smallest absolute Gasteiger partial charge is 0.354 e. The largest absolute Gasteiger partial charge is 0.493 e. The molecule has 1 aliphatic rings. The van der Waals surface area contributed by atoms with Crippen LogP contribution in [0, 0.1) is 0 Å². The number of para-hydroxylation sites is 1. The minimum atomic E-state index is -1.11. The molecule has 0 atom stereocenters. The lowest BCUT2D eigenvalue weighted by Gasteiger charge is -2.27. The Labute approximate surface area is 151 Å². The Morgan fingerprint density at radius 2 is 2.04 bits per heavy atom. The van der Waals surface area contributed by atoms with E-state index in [1.165, 1.54) is 18.3 Å². The number of hydrogen-bond acceptors (Lipinski definition) is 4. The standard InChI is InChI=1S/C20H20N2O4/c1-2-26-18-6-4-3-5-16(18)14-9-11-22(12-10-14)19(23)15-7-8-17(20(24)25)21-13-15/h3-9,13H,2,10-12H2,1H3,(H,24,25). The molecule has 0 radical (unpaired) electrons. The van der Waals surface area contributed by atoms with Crippen LogP contribution < -0.4 is 4.74 Å². The van der Waals surface area contributed by atoms with Gasteiger partial charge in [0.25, 0.3) is 5.91 Å². The van der Waals surface area contributed by atoms with Gasteiger partial charge in [0.15, 0.2) is 0 Å². The number of benzene rings is 1. The van der Waals surface area contributed by atoms with E-state index in [9.17, 15) is 9.59 Å². The van der Waals surface area contributed by atoms with Crippen molar-refractivity contribution in [2.24, 2.45) is 0 Å². The van der Waals surface area contributed by atoms with E-state index in [4.69, 9.17) is 9.84 Å². The van der Waals surface area contributed by atoms with Crippen molar-refractivity contribution in [2.45, 2.75) is 13.3 Å². The molecule has 0 aliphatic carbocycles. The fourth-order valence-corrected chi connectivity index (χ4v) is 2.94. The minimum Gasteiger partial charge on any atom is -0.493 e. The summed E-state index contributed by atoms with van der Waals surface area (Å²) in [5.41, 5.74) is 2.54. The van der Waals surface area contributed by atoms with Gasteiger partial charge in [0.1, 0.15) is 11.4 Å². The number of aromatic nitrogens is 1. The number of aromatic carboxylic acids is 1. The molecular formula is C20H20N2O4. The number of nitrogens with zero attached hydrogens (tertiary/aromatic N) is 2. The second kappa shape index (κ2) is 7.82. The summed E-state index contributed by atoms with van der Waals surface area (Å²) in [6.45, 7) is 3.64. The predicted molar refractivity (Wildman–Crippen MR) is 97.3 cm³/mol. The van der Waals surface area contributed by atoms with Crippen LogP contribution in [-0.4, -0.2) is 46.6 Å². The van der Waals surface area contributed by atoms with Crippen molar-refractivity contribution >= 4 is 17.4 Å². The second-order valence-electron chi connectivity index (χ2n) is 5.90. The number of carbonyl (C=O) groups excluding carboxylic acids is 1. The molecule has 0 saturated heterocycles. The van der Waals surface area contributed by atoms with Crippen LogP contribution >= 0.6 is 0 Å². The van der Waals surface area contributed by atoms with Crippen molar-refractivity contribution < 1.29 is 19.4 Å². The summed E-state index contributed by atoms with van der Waals surface area (Å²) in [7, 11) is 0. The van der Waals surface area contributed by atoms with Gasteiger partial charge < -0.3 is 14.7 Å². The highest BCUT2D eigenvalue weighted by Gasteiger charge is 2.21. The van der Waals surface area contributed by atoms with Crippen LogP contribution in [0.1, 0.15) is 39.8 Å². The average molecular weight is 352 g/mol. The number of pyridine rings is 1. The first-order valence-electron chi connectivity index (χ1n) is 8.50. The van der Waals surface area contributed by atoms with Crippen molar-refractivity contribution in [1.29, 1.82) is 0 Å². The third-order valence-corrected chi connectivity index (χ3v) is 4.26. The van der Waals surface area contributed by atoms with Crippen molar-refractivity contribution in [1.82, 2.24) is 9.88 Å². The summed E-state index contributed by atoms with van der Waals surface area (Å²) >= 11 is 0.